The molecule has 1 fully saturated rings. The number of amides is 1. The standard InChI is InChI=1S/C23H21F2N3O3/c24-18-7-6-17(14-19(18)25)22-26-23(31-27-22)16-10-12-28(13-11-16)21(30)9-8-20(29)15-4-2-1-3-5-15/h1-7,14,16H,8-13H2. The van der Waals surface area contributed by atoms with Crippen LogP contribution in [0.15, 0.2) is 53.1 Å². The van der Waals surface area contributed by atoms with Gasteiger partial charge >= 0.3 is 0 Å². The van der Waals surface area contributed by atoms with Crippen LogP contribution in [0.25, 0.3) is 11.4 Å². The number of benzene rings is 2. The molecule has 1 aliphatic rings. The number of carbonyl (C=O) groups excluding carboxylic acids is 2. The number of halogens is 2. The number of ketones is 1. The van der Waals surface area contributed by atoms with Gasteiger partial charge in [0.25, 0.3) is 0 Å². The number of carbonyl (C=O) groups is 2. The van der Waals surface area contributed by atoms with Gasteiger partial charge in [0.1, 0.15) is 0 Å². The molecule has 6 nitrogen and oxygen atoms in total. The van der Waals surface area contributed by atoms with Crippen molar-refractivity contribution < 1.29 is 22.9 Å². The van der Waals surface area contributed by atoms with E-state index >= 15 is 0 Å². The Kier molecular flexibility index (Phi) is 6.16. The van der Waals surface area contributed by atoms with Crippen molar-refractivity contribution in [3.8, 4) is 11.4 Å². The van der Waals surface area contributed by atoms with E-state index in [0.717, 1.165) is 12.1 Å². The predicted octanol–water partition coefficient (Wildman–Crippen LogP) is 4.38. The summed E-state index contributed by atoms with van der Waals surface area (Å²) in [5.74, 6) is -1.38. The van der Waals surface area contributed by atoms with E-state index in [1.807, 2.05) is 6.07 Å². The molecule has 3 aromatic rings. The fourth-order valence-electron chi connectivity index (χ4n) is 3.68. The van der Waals surface area contributed by atoms with Crippen molar-refractivity contribution in [2.45, 2.75) is 31.6 Å². The molecule has 2 aromatic carbocycles. The van der Waals surface area contributed by atoms with Gasteiger partial charge in [-0.1, -0.05) is 35.5 Å². The van der Waals surface area contributed by atoms with Gasteiger partial charge in [-0.25, -0.2) is 8.78 Å². The lowest BCUT2D eigenvalue weighted by atomic mass is 9.96. The highest BCUT2D eigenvalue weighted by Gasteiger charge is 2.28. The number of likely N-dealkylation sites (tertiary alicyclic amines) is 1. The molecule has 1 saturated heterocycles. The fraction of sp³-hybridized carbons (Fsp3) is 0.304. The molecule has 0 aliphatic carbocycles. The van der Waals surface area contributed by atoms with Gasteiger partial charge in [-0.05, 0) is 31.0 Å². The zero-order valence-electron chi connectivity index (χ0n) is 16.8. The summed E-state index contributed by atoms with van der Waals surface area (Å²) in [4.78, 5) is 30.7. The molecule has 8 heteroatoms. The van der Waals surface area contributed by atoms with Crippen LogP contribution in [0.4, 0.5) is 8.78 Å². The van der Waals surface area contributed by atoms with Crippen LogP contribution in [0.1, 0.15) is 47.8 Å². The third-order valence-electron chi connectivity index (χ3n) is 5.48. The first-order chi connectivity index (χ1) is 15.0. The van der Waals surface area contributed by atoms with E-state index in [1.165, 1.54) is 6.07 Å². The summed E-state index contributed by atoms with van der Waals surface area (Å²) >= 11 is 0. The topological polar surface area (TPSA) is 76.3 Å². The first kappa shape index (κ1) is 20.8. The Balaban J connectivity index is 1.29. The number of rotatable bonds is 6. The minimum absolute atomic E-state index is 0.0125. The molecule has 0 radical (unpaired) electrons. The lowest BCUT2D eigenvalue weighted by Gasteiger charge is -2.30. The number of hydrogen-bond donors (Lipinski definition) is 0. The molecule has 160 valence electrons. The van der Waals surface area contributed by atoms with Crippen LogP contribution >= 0.6 is 0 Å². The Labute approximate surface area is 177 Å². The van der Waals surface area contributed by atoms with E-state index in [9.17, 15) is 18.4 Å². The summed E-state index contributed by atoms with van der Waals surface area (Å²) < 4.78 is 31.9. The molecule has 1 aromatic heterocycles. The maximum absolute atomic E-state index is 13.4. The van der Waals surface area contributed by atoms with Crippen LogP contribution in [0.2, 0.25) is 0 Å². The SMILES string of the molecule is O=C(CCC(=O)N1CCC(c2nc(-c3ccc(F)c(F)c3)no2)CC1)c1ccccc1. The Bertz CT molecular complexity index is 1080. The normalized spacial score (nSPS) is 14.6. The number of aromatic nitrogens is 2. The van der Waals surface area contributed by atoms with E-state index < -0.39 is 11.6 Å². The minimum atomic E-state index is -0.971. The van der Waals surface area contributed by atoms with Crippen molar-refractivity contribution in [2.75, 3.05) is 13.1 Å². The average molecular weight is 425 g/mol. The summed E-state index contributed by atoms with van der Waals surface area (Å²) in [5, 5.41) is 3.87. The Morgan fingerprint density at radius 2 is 1.74 bits per heavy atom. The van der Waals surface area contributed by atoms with Gasteiger partial charge in [0.05, 0.1) is 0 Å². The first-order valence-electron chi connectivity index (χ1n) is 10.2. The smallest absolute Gasteiger partial charge is 0.230 e. The molecule has 1 aliphatic heterocycles. The largest absolute Gasteiger partial charge is 0.343 e. The van der Waals surface area contributed by atoms with Crippen molar-refractivity contribution in [1.82, 2.24) is 15.0 Å². The summed E-state index contributed by atoms with van der Waals surface area (Å²) in [7, 11) is 0. The molecule has 0 N–H and O–H groups in total. The first-order valence-corrected chi connectivity index (χ1v) is 10.2. The van der Waals surface area contributed by atoms with Crippen molar-refractivity contribution >= 4 is 11.7 Å². The van der Waals surface area contributed by atoms with Gasteiger partial charge in [-0.2, -0.15) is 4.98 Å². The van der Waals surface area contributed by atoms with E-state index in [4.69, 9.17) is 4.52 Å². The highest BCUT2D eigenvalue weighted by Crippen LogP contribution is 2.29. The van der Waals surface area contributed by atoms with Crippen LogP contribution in [0.3, 0.4) is 0 Å². The van der Waals surface area contributed by atoms with E-state index in [1.54, 1.807) is 29.2 Å². The molecular weight excluding hydrogens is 404 g/mol. The maximum Gasteiger partial charge on any atom is 0.230 e. The number of nitrogens with zero attached hydrogens (tertiary/aromatic N) is 3. The summed E-state index contributed by atoms with van der Waals surface area (Å²) in [6.07, 6.45) is 1.67. The number of Topliss-reactive ketones (excluding diaryl/α,β-unsaturated/α-hetero) is 1. The van der Waals surface area contributed by atoms with Gasteiger partial charge in [-0.3, -0.25) is 9.59 Å². The summed E-state index contributed by atoms with van der Waals surface area (Å²) in [6.45, 7) is 1.07. The van der Waals surface area contributed by atoms with Gasteiger partial charge in [0.15, 0.2) is 17.4 Å². The predicted molar refractivity (Wildman–Crippen MR) is 108 cm³/mol. The zero-order chi connectivity index (χ0) is 21.8. The number of piperidine rings is 1. The van der Waals surface area contributed by atoms with Crippen molar-refractivity contribution in [3.63, 3.8) is 0 Å². The summed E-state index contributed by atoms with van der Waals surface area (Å²) in [6, 6.07) is 12.4. The molecule has 0 saturated carbocycles. The molecule has 4 rings (SSSR count). The summed E-state index contributed by atoms with van der Waals surface area (Å²) in [5.41, 5.74) is 0.951. The van der Waals surface area contributed by atoms with Crippen LogP contribution in [0.5, 0.6) is 0 Å². The second-order valence-corrected chi connectivity index (χ2v) is 7.53. The van der Waals surface area contributed by atoms with E-state index in [-0.39, 0.29) is 36.3 Å². The minimum Gasteiger partial charge on any atom is -0.343 e. The van der Waals surface area contributed by atoms with Gasteiger partial charge in [0.2, 0.25) is 17.6 Å². The van der Waals surface area contributed by atoms with Crippen molar-refractivity contribution in [2.24, 2.45) is 0 Å². The van der Waals surface area contributed by atoms with Crippen molar-refractivity contribution in [3.05, 3.63) is 71.6 Å². The lowest BCUT2D eigenvalue weighted by molar-refractivity contribution is -0.132. The fourth-order valence-corrected chi connectivity index (χ4v) is 3.68. The molecular formula is C23H21F2N3O3. The molecule has 0 atom stereocenters. The number of hydrogen-bond acceptors (Lipinski definition) is 5. The average Bonchev–Trinajstić information content (AvgIpc) is 3.30. The van der Waals surface area contributed by atoms with Gasteiger partial charge in [-0.15, -0.1) is 0 Å². The van der Waals surface area contributed by atoms with E-state index in [2.05, 4.69) is 10.1 Å². The van der Waals surface area contributed by atoms with Crippen LogP contribution in [-0.2, 0) is 4.79 Å². The van der Waals surface area contributed by atoms with Gasteiger partial charge in [0, 0.05) is 43.0 Å². The Morgan fingerprint density at radius 3 is 2.45 bits per heavy atom. The zero-order valence-corrected chi connectivity index (χ0v) is 16.8. The molecule has 2 heterocycles. The quantitative estimate of drug-likeness (QED) is 0.548. The highest BCUT2D eigenvalue weighted by molar-refractivity contribution is 5.97. The van der Waals surface area contributed by atoms with Crippen LogP contribution < -0.4 is 0 Å². The second-order valence-electron chi connectivity index (χ2n) is 7.53. The molecule has 0 unspecified atom stereocenters. The van der Waals surface area contributed by atoms with E-state index in [0.29, 0.717) is 42.9 Å². The molecule has 0 spiro atoms. The third kappa shape index (κ3) is 4.84. The van der Waals surface area contributed by atoms with Gasteiger partial charge < -0.3 is 9.42 Å². The Morgan fingerprint density at radius 1 is 1.00 bits per heavy atom. The van der Waals surface area contributed by atoms with Crippen molar-refractivity contribution in [1.29, 1.82) is 0 Å². The van der Waals surface area contributed by atoms with Crippen LogP contribution in [-0.4, -0.2) is 39.8 Å². The highest BCUT2D eigenvalue weighted by atomic mass is 19.2. The molecule has 31 heavy (non-hydrogen) atoms. The molecule has 0 bridgehead atoms. The maximum atomic E-state index is 13.4. The van der Waals surface area contributed by atoms with Crippen LogP contribution in [0, 0.1) is 11.6 Å². The second kappa shape index (κ2) is 9.16. The molecule has 1 amide bonds. The third-order valence-corrected chi connectivity index (χ3v) is 5.48. The lowest BCUT2D eigenvalue weighted by Crippen LogP contribution is -2.38. The monoisotopic (exact) mass is 425 g/mol. The Hall–Kier alpha value is -3.42.